The van der Waals surface area contributed by atoms with Gasteiger partial charge in [0.1, 0.15) is 10.6 Å². The van der Waals surface area contributed by atoms with Gasteiger partial charge in [-0.25, -0.2) is 4.98 Å². The fourth-order valence-electron chi connectivity index (χ4n) is 2.70. The molecule has 3 aromatic rings. The summed E-state index contributed by atoms with van der Waals surface area (Å²) in [5.74, 6) is 0.260. The molecule has 6 heteroatoms. The van der Waals surface area contributed by atoms with Gasteiger partial charge in [0.15, 0.2) is 0 Å². The van der Waals surface area contributed by atoms with Crippen LogP contribution in [0.5, 0.6) is 5.75 Å². The van der Waals surface area contributed by atoms with E-state index in [2.05, 4.69) is 9.97 Å². The first kappa shape index (κ1) is 14.6. The maximum absolute atomic E-state index is 12.6. The van der Waals surface area contributed by atoms with Gasteiger partial charge in [-0.05, 0) is 44.0 Å². The van der Waals surface area contributed by atoms with Crippen molar-refractivity contribution in [3.63, 3.8) is 0 Å². The number of rotatable bonds is 3. The van der Waals surface area contributed by atoms with E-state index in [-0.39, 0.29) is 10.6 Å². The van der Waals surface area contributed by atoms with Crippen LogP contribution in [0.15, 0.2) is 41.6 Å². The van der Waals surface area contributed by atoms with Gasteiger partial charge in [-0.3, -0.25) is 0 Å². The lowest BCUT2D eigenvalue weighted by Gasteiger charge is -2.12. The van der Waals surface area contributed by atoms with E-state index in [0.29, 0.717) is 11.1 Å². The molecule has 0 aliphatic carbocycles. The number of nitrogens with zero attached hydrogens (tertiary/aromatic N) is 1. The summed E-state index contributed by atoms with van der Waals surface area (Å²) in [5, 5.41) is 0. The summed E-state index contributed by atoms with van der Waals surface area (Å²) < 4.78 is 30.5. The lowest BCUT2D eigenvalue weighted by Crippen LogP contribution is -2.13. The zero-order valence-corrected chi connectivity index (χ0v) is 13.4. The molecule has 0 amide bonds. The van der Waals surface area contributed by atoms with Gasteiger partial charge in [0.05, 0.1) is 17.4 Å². The van der Waals surface area contributed by atoms with Crippen molar-refractivity contribution in [2.24, 2.45) is 0 Å². The van der Waals surface area contributed by atoms with Gasteiger partial charge in [0.25, 0.3) is 0 Å². The molecule has 0 saturated carbocycles. The van der Waals surface area contributed by atoms with Crippen molar-refractivity contribution in [3.05, 3.63) is 53.3 Å². The highest BCUT2D eigenvalue weighted by atomic mass is 32.2. The summed E-state index contributed by atoms with van der Waals surface area (Å²) >= 11 is 0. The molecule has 0 aliphatic heterocycles. The van der Waals surface area contributed by atoms with Crippen molar-refractivity contribution in [3.8, 4) is 5.75 Å². The Balaban J connectivity index is 2.03. The fraction of sp³-hybridized carbons (Fsp3) is 0.188. The van der Waals surface area contributed by atoms with Crippen molar-refractivity contribution in [1.82, 2.24) is 9.97 Å². The molecule has 0 aliphatic rings. The highest BCUT2D eigenvalue weighted by molar-refractivity contribution is 7.87. The average Bonchev–Trinajstić information content (AvgIpc) is 2.83. The van der Waals surface area contributed by atoms with Gasteiger partial charge in [-0.15, -0.1) is 0 Å². The van der Waals surface area contributed by atoms with Crippen LogP contribution in [-0.4, -0.2) is 18.4 Å². The summed E-state index contributed by atoms with van der Waals surface area (Å²) in [4.78, 5) is 7.25. The predicted octanol–water partition coefficient (Wildman–Crippen LogP) is 3.26. The second-order valence-corrected chi connectivity index (χ2v) is 6.83. The summed E-state index contributed by atoms with van der Waals surface area (Å²) in [6, 6.07) is 8.60. The van der Waals surface area contributed by atoms with Crippen LogP contribution >= 0.6 is 0 Å². The van der Waals surface area contributed by atoms with Crippen molar-refractivity contribution < 1.29 is 12.6 Å². The normalized spacial score (nSPS) is 11.8. The number of aromatic nitrogens is 2. The van der Waals surface area contributed by atoms with Crippen LogP contribution in [0.3, 0.4) is 0 Å². The average molecular weight is 316 g/mol. The quantitative estimate of drug-likeness (QED) is 0.753. The number of aryl methyl sites for hydroxylation is 3. The minimum atomic E-state index is -3.88. The predicted molar refractivity (Wildman–Crippen MR) is 84.6 cm³/mol. The lowest BCUT2D eigenvalue weighted by molar-refractivity contribution is 0.485. The smallest absolute Gasteiger partial charge is 0.339 e. The number of hydrogen-bond acceptors (Lipinski definition) is 4. The molecule has 0 fully saturated rings. The molecule has 0 unspecified atom stereocenters. The monoisotopic (exact) mass is 316 g/mol. The van der Waals surface area contributed by atoms with E-state index < -0.39 is 10.1 Å². The number of fused-ring (bicyclic) bond motifs is 1. The fourth-order valence-corrected chi connectivity index (χ4v) is 4.04. The third-order valence-corrected chi connectivity index (χ3v) is 5.01. The molecule has 1 aromatic heterocycles. The Morgan fingerprint density at radius 1 is 1.05 bits per heavy atom. The van der Waals surface area contributed by atoms with Crippen LogP contribution in [-0.2, 0) is 10.1 Å². The largest absolute Gasteiger partial charge is 0.379 e. The summed E-state index contributed by atoms with van der Waals surface area (Å²) in [5.41, 5.74) is 3.87. The Hall–Kier alpha value is -2.34. The van der Waals surface area contributed by atoms with E-state index >= 15 is 0 Å². The summed E-state index contributed by atoms with van der Waals surface area (Å²) in [7, 11) is -3.88. The van der Waals surface area contributed by atoms with E-state index in [1.807, 2.05) is 19.1 Å². The first-order chi connectivity index (χ1) is 10.4. The van der Waals surface area contributed by atoms with Crippen LogP contribution in [0.4, 0.5) is 0 Å². The van der Waals surface area contributed by atoms with Gasteiger partial charge in [0, 0.05) is 6.07 Å². The Labute approximate surface area is 129 Å². The van der Waals surface area contributed by atoms with Gasteiger partial charge in [0.2, 0.25) is 0 Å². The number of benzene rings is 2. The zero-order chi connectivity index (χ0) is 15.9. The number of aromatic amines is 1. The minimum absolute atomic E-state index is 0.225. The number of hydrogen-bond donors (Lipinski definition) is 1. The van der Waals surface area contributed by atoms with Crippen LogP contribution in [0.1, 0.15) is 16.7 Å². The van der Waals surface area contributed by atoms with Crippen molar-refractivity contribution in [1.29, 1.82) is 0 Å². The molecule has 1 heterocycles. The van der Waals surface area contributed by atoms with E-state index in [0.717, 1.165) is 16.6 Å². The van der Waals surface area contributed by atoms with Crippen molar-refractivity contribution >= 4 is 21.2 Å². The van der Waals surface area contributed by atoms with Gasteiger partial charge < -0.3 is 9.17 Å². The minimum Gasteiger partial charge on any atom is -0.379 e. The molecular formula is C16H16N2O3S. The van der Waals surface area contributed by atoms with Crippen LogP contribution < -0.4 is 4.18 Å². The molecule has 0 radical (unpaired) electrons. The summed E-state index contributed by atoms with van der Waals surface area (Å²) in [6.45, 7) is 5.48. The second kappa shape index (κ2) is 5.14. The second-order valence-electron chi connectivity index (χ2n) is 5.35. The van der Waals surface area contributed by atoms with Crippen LogP contribution in [0, 0.1) is 20.8 Å². The molecule has 0 spiro atoms. The van der Waals surface area contributed by atoms with Gasteiger partial charge in [-0.2, -0.15) is 8.42 Å². The van der Waals surface area contributed by atoms with Crippen molar-refractivity contribution in [2.45, 2.75) is 25.7 Å². The third kappa shape index (κ3) is 2.57. The number of H-pyrrole nitrogens is 1. The van der Waals surface area contributed by atoms with E-state index in [4.69, 9.17) is 4.18 Å². The molecule has 22 heavy (non-hydrogen) atoms. The number of imidazole rings is 1. The maximum Gasteiger partial charge on any atom is 0.339 e. The standard InChI is InChI=1S/C16H16N2O3S/c1-10-6-11(2)16(12(3)7-10)22(19,20)21-13-4-5-14-15(8-13)18-9-17-14/h4-9H,1-3H3,(H,17,18). The third-order valence-electron chi connectivity index (χ3n) is 3.45. The van der Waals surface area contributed by atoms with E-state index in [1.54, 1.807) is 38.4 Å². The van der Waals surface area contributed by atoms with E-state index in [9.17, 15) is 8.42 Å². The van der Waals surface area contributed by atoms with Gasteiger partial charge >= 0.3 is 10.1 Å². The SMILES string of the molecule is Cc1cc(C)c(S(=O)(=O)Oc2ccc3nc[nH]c3c2)c(C)c1. The highest BCUT2D eigenvalue weighted by Gasteiger charge is 2.22. The molecule has 2 aromatic carbocycles. The lowest BCUT2D eigenvalue weighted by atomic mass is 10.1. The van der Waals surface area contributed by atoms with Crippen LogP contribution in [0.25, 0.3) is 11.0 Å². The molecule has 0 bridgehead atoms. The molecule has 0 saturated heterocycles. The Kier molecular flexibility index (Phi) is 3.41. The Morgan fingerprint density at radius 2 is 1.73 bits per heavy atom. The first-order valence-electron chi connectivity index (χ1n) is 6.82. The van der Waals surface area contributed by atoms with E-state index in [1.165, 1.54) is 0 Å². The molecule has 114 valence electrons. The number of nitrogens with one attached hydrogen (secondary N) is 1. The van der Waals surface area contributed by atoms with Crippen LogP contribution in [0.2, 0.25) is 0 Å². The molecule has 1 N–H and O–H groups in total. The molecule has 5 nitrogen and oxygen atoms in total. The van der Waals surface area contributed by atoms with Gasteiger partial charge in [-0.1, -0.05) is 17.7 Å². The first-order valence-corrected chi connectivity index (χ1v) is 8.23. The topological polar surface area (TPSA) is 72.1 Å². The Bertz CT molecular complexity index is 935. The maximum atomic E-state index is 12.6. The summed E-state index contributed by atoms with van der Waals surface area (Å²) in [6.07, 6.45) is 1.55. The highest BCUT2D eigenvalue weighted by Crippen LogP contribution is 2.26. The molecule has 3 rings (SSSR count). The molecule has 0 atom stereocenters. The van der Waals surface area contributed by atoms with Crippen molar-refractivity contribution in [2.75, 3.05) is 0 Å². The zero-order valence-electron chi connectivity index (χ0n) is 12.5. The molecular weight excluding hydrogens is 300 g/mol. The Morgan fingerprint density at radius 3 is 2.41 bits per heavy atom.